The molecule has 0 bridgehead atoms. The first kappa shape index (κ1) is 16.5. The van der Waals surface area contributed by atoms with Gasteiger partial charge in [0.15, 0.2) is 0 Å². The van der Waals surface area contributed by atoms with E-state index < -0.39 is 0 Å². The monoisotopic (exact) mass is 335 g/mol. The van der Waals surface area contributed by atoms with E-state index in [1.807, 2.05) is 12.1 Å². The molecule has 0 radical (unpaired) electrons. The summed E-state index contributed by atoms with van der Waals surface area (Å²) in [6, 6.07) is 21.2. The third kappa shape index (κ3) is 4.01. The molecule has 2 aromatic carbocycles. The van der Waals surface area contributed by atoms with E-state index in [0.717, 1.165) is 19.5 Å². The molecule has 2 aliphatic heterocycles. The Morgan fingerprint density at radius 1 is 0.840 bits per heavy atom. The Balaban J connectivity index is 1.31. The molecule has 0 aliphatic carbocycles. The highest BCUT2D eigenvalue weighted by Crippen LogP contribution is 2.31. The van der Waals surface area contributed by atoms with Crippen LogP contribution in [-0.4, -0.2) is 36.7 Å². The first-order chi connectivity index (χ1) is 12.4. The van der Waals surface area contributed by atoms with Crippen LogP contribution in [0.25, 0.3) is 0 Å². The predicted molar refractivity (Wildman–Crippen MR) is 99.2 cm³/mol. The molecule has 4 rings (SSSR count). The van der Waals surface area contributed by atoms with Crippen molar-refractivity contribution < 1.29 is 9.47 Å². The van der Waals surface area contributed by atoms with Crippen molar-refractivity contribution in [2.24, 2.45) is 0 Å². The first-order valence-corrected chi connectivity index (χ1v) is 9.10. The maximum Gasteiger partial charge on any atom is 0.0786 e. The summed E-state index contributed by atoms with van der Waals surface area (Å²) in [6.07, 6.45) is 3.70. The lowest BCUT2D eigenvalue weighted by atomic mass is 10.0. The third-order valence-electron chi connectivity index (χ3n) is 5.10. The summed E-state index contributed by atoms with van der Waals surface area (Å²) in [4.78, 5) is 2.51. The maximum absolute atomic E-state index is 6.26. The van der Waals surface area contributed by atoms with Crippen LogP contribution in [0.1, 0.15) is 17.5 Å². The van der Waals surface area contributed by atoms with Gasteiger partial charge < -0.3 is 9.47 Å². The molecule has 0 spiro atoms. The first-order valence-electron chi connectivity index (χ1n) is 9.10. The topological polar surface area (TPSA) is 21.7 Å². The Hall–Kier alpha value is -1.94. The van der Waals surface area contributed by atoms with Gasteiger partial charge in [-0.2, -0.15) is 0 Å². The van der Waals surface area contributed by atoms with Gasteiger partial charge in [0.05, 0.1) is 32.0 Å². The molecule has 2 heterocycles. The van der Waals surface area contributed by atoms with Crippen LogP contribution in [-0.2, 0) is 22.7 Å². The van der Waals surface area contributed by atoms with E-state index in [2.05, 4.69) is 59.5 Å². The number of rotatable bonds is 7. The quantitative estimate of drug-likeness (QED) is 0.718. The van der Waals surface area contributed by atoms with Crippen molar-refractivity contribution in [2.75, 3.05) is 19.7 Å². The zero-order chi connectivity index (χ0) is 16.9. The normalized spacial score (nSPS) is 22.8. The summed E-state index contributed by atoms with van der Waals surface area (Å²) in [5.41, 5.74) is 3.84. The molecule has 3 heteroatoms. The van der Waals surface area contributed by atoms with Crippen molar-refractivity contribution in [3.8, 4) is 0 Å². The molecular formula is C22H25NO2. The van der Waals surface area contributed by atoms with Crippen molar-refractivity contribution in [2.45, 2.75) is 31.8 Å². The summed E-state index contributed by atoms with van der Waals surface area (Å²) in [6.45, 7) is 4.19. The van der Waals surface area contributed by atoms with Gasteiger partial charge in [0.1, 0.15) is 0 Å². The fraction of sp³-hybridized carbons (Fsp3) is 0.364. The number of benzene rings is 2. The zero-order valence-corrected chi connectivity index (χ0v) is 14.5. The van der Waals surface area contributed by atoms with Crippen molar-refractivity contribution in [3.63, 3.8) is 0 Å². The number of nitrogens with zero attached hydrogens (tertiary/aromatic N) is 1. The minimum atomic E-state index is 0.272. The molecule has 0 aromatic heterocycles. The Morgan fingerprint density at radius 2 is 1.52 bits per heavy atom. The fourth-order valence-electron chi connectivity index (χ4n) is 3.82. The van der Waals surface area contributed by atoms with Gasteiger partial charge >= 0.3 is 0 Å². The van der Waals surface area contributed by atoms with Crippen LogP contribution in [0.3, 0.4) is 0 Å². The van der Waals surface area contributed by atoms with Gasteiger partial charge in [-0.3, -0.25) is 4.90 Å². The highest BCUT2D eigenvalue weighted by molar-refractivity contribution is 5.24. The molecule has 25 heavy (non-hydrogen) atoms. The molecule has 0 N–H and O–H groups in total. The second-order valence-electron chi connectivity index (χ2n) is 6.82. The van der Waals surface area contributed by atoms with E-state index in [-0.39, 0.29) is 6.10 Å². The molecule has 0 amide bonds. The minimum Gasteiger partial charge on any atom is -0.372 e. The average molecular weight is 335 g/mol. The smallest absolute Gasteiger partial charge is 0.0786 e. The predicted octanol–water partition coefficient (Wildman–Crippen LogP) is 3.80. The molecule has 0 unspecified atom stereocenters. The summed E-state index contributed by atoms with van der Waals surface area (Å²) < 4.78 is 12.2. The van der Waals surface area contributed by atoms with Crippen molar-refractivity contribution in [1.82, 2.24) is 4.90 Å². The molecule has 130 valence electrons. The number of ether oxygens (including phenoxy) is 2. The van der Waals surface area contributed by atoms with Crippen LogP contribution >= 0.6 is 0 Å². The summed E-state index contributed by atoms with van der Waals surface area (Å²) >= 11 is 0. The van der Waals surface area contributed by atoms with Crippen LogP contribution in [0.4, 0.5) is 0 Å². The Bertz CT molecular complexity index is 698. The lowest BCUT2D eigenvalue weighted by Gasteiger charge is -2.24. The van der Waals surface area contributed by atoms with Crippen molar-refractivity contribution >= 4 is 0 Å². The Morgan fingerprint density at radius 3 is 2.24 bits per heavy atom. The molecule has 1 fully saturated rings. The number of fused-ring (bicyclic) bond motifs is 1. The van der Waals surface area contributed by atoms with Crippen LogP contribution < -0.4 is 0 Å². The minimum absolute atomic E-state index is 0.272. The van der Waals surface area contributed by atoms with E-state index in [1.54, 1.807) is 0 Å². The second kappa shape index (κ2) is 7.96. The van der Waals surface area contributed by atoms with Crippen LogP contribution in [0.2, 0.25) is 0 Å². The van der Waals surface area contributed by atoms with Crippen LogP contribution in [0.15, 0.2) is 72.3 Å². The lowest BCUT2D eigenvalue weighted by Crippen LogP contribution is -2.34. The summed E-state index contributed by atoms with van der Waals surface area (Å²) in [7, 11) is 0. The average Bonchev–Trinajstić information content (AvgIpc) is 3.25. The third-order valence-corrected chi connectivity index (χ3v) is 5.10. The molecule has 2 atom stereocenters. The highest BCUT2D eigenvalue weighted by atomic mass is 16.5. The maximum atomic E-state index is 6.26. The fourth-order valence-corrected chi connectivity index (χ4v) is 3.82. The molecule has 2 aromatic rings. The summed E-state index contributed by atoms with van der Waals surface area (Å²) in [5.74, 6) is 0. The molecule has 1 saturated heterocycles. The lowest BCUT2D eigenvalue weighted by molar-refractivity contribution is 0.0248. The Labute approximate surface area is 149 Å². The van der Waals surface area contributed by atoms with Gasteiger partial charge in [0.2, 0.25) is 0 Å². The second-order valence-corrected chi connectivity index (χ2v) is 6.82. The number of hydrogen-bond donors (Lipinski definition) is 0. The van der Waals surface area contributed by atoms with Gasteiger partial charge in [-0.1, -0.05) is 66.7 Å². The van der Waals surface area contributed by atoms with Crippen molar-refractivity contribution in [3.05, 3.63) is 83.4 Å². The SMILES string of the molecule is C1=C(COCc2ccccc2)[C@H]2[C@@H](OCc3ccccc3)CCN2C1. The molecule has 2 aliphatic rings. The van der Waals surface area contributed by atoms with E-state index in [1.165, 1.54) is 16.7 Å². The summed E-state index contributed by atoms with van der Waals surface area (Å²) in [5, 5.41) is 0. The van der Waals surface area contributed by atoms with E-state index in [4.69, 9.17) is 9.47 Å². The van der Waals surface area contributed by atoms with Gasteiger partial charge in [-0.05, 0) is 23.1 Å². The van der Waals surface area contributed by atoms with Gasteiger partial charge in [0, 0.05) is 13.1 Å². The molecule has 3 nitrogen and oxygen atoms in total. The highest BCUT2D eigenvalue weighted by Gasteiger charge is 2.39. The van der Waals surface area contributed by atoms with E-state index >= 15 is 0 Å². The standard InChI is InChI=1S/C22H25NO2/c1-3-7-18(8-4-1)15-24-17-20-11-13-23-14-12-21(22(20)23)25-16-19-9-5-2-6-10-19/h1-11,21-22H,12-17H2/t21-,22-/m0/s1. The van der Waals surface area contributed by atoms with Crippen molar-refractivity contribution in [1.29, 1.82) is 0 Å². The van der Waals surface area contributed by atoms with Crippen LogP contribution in [0.5, 0.6) is 0 Å². The van der Waals surface area contributed by atoms with Crippen LogP contribution in [0, 0.1) is 0 Å². The largest absolute Gasteiger partial charge is 0.372 e. The molecule has 0 saturated carbocycles. The van der Waals surface area contributed by atoms with Gasteiger partial charge in [0.25, 0.3) is 0 Å². The number of hydrogen-bond acceptors (Lipinski definition) is 3. The van der Waals surface area contributed by atoms with E-state index in [0.29, 0.717) is 25.9 Å². The Kier molecular flexibility index (Phi) is 5.26. The van der Waals surface area contributed by atoms with Gasteiger partial charge in [-0.25, -0.2) is 0 Å². The van der Waals surface area contributed by atoms with Gasteiger partial charge in [-0.15, -0.1) is 0 Å². The molecular weight excluding hydrogens is 310 g/mol. The van der Waals surface area contributed by atoms with E-state index in [9.17, 15) is 0 Å². The zero-order valence-electron chi connectivity index (χ0n) is 14.5.